The van der Waals surface area contributed by atoms with E-state index in [2.05, 4.69) is 20.2 Å². The number of hydrogen-bond donors (Lipinski definition) is 1. The van der Waals surface area contributed by atoms with Crippen LogP contribution >= 0.6 is 11.3 Å². The van der Waals surface area contributed by atoms with Crippen molar-refractivity contribution in [2.75, 3.05) is 67.6 Å². The highest BCUT2D eigenvalue weighted by molar-refractivity contribution is 7.91. The molecule has 0 radical (unpaired) electrons. The topological polar surface area (TPSA) is 121 Å². The Kier molecular flexibility index (Phi) is 6.36. The van der Waals surface area contributed by atoms with E-state index in [-0.39, 0.29) is 15.2 Å². The number of carbonyl (C=O) groups is 1. The van der Waals surface area contributed by atoms with Gasteiger partial charge >= 0.3 is 0 Å². The van der Waals surface area contributed by atoms with Gasteiger partial charge in [-0.15, -0.1) is 0 Å². The first-order chi connectivity index (χ1) is 14.8. The lowest BCUT2D eigenvalue weighted by Gasteiger charge is -2.34. The summed E-state index contributed by atoms with van der Waals surface area (Å²) in [5.74, 6) is 1.20. The molecule has 1 N–H and O–H groups in total. The number of nitrogens with zero attached hydrogens (tertiary/aromatic N) is 6. The van der Waals surface area contributed by atoms with Crippen LogP contribution in [-0.2, 0) is 19.6 Å². The van der Waals surface area contributed by atoms with E-state index < -0.39 is 10.0 Å². The van der Waals surface area contributed by atoms with Gasteiger partial charge in [0.15, 0.2) is 9.34 Å². The Balaban J connectivity index is 1.44. The fourth-order valence-electron chi connectivity index (χ4n) is 3.48. The maximum absolute atomic E-state index is 13.0. The molecule has 0 bridgehead atoms. The number of amides is 1. The van der Waals surface area contributed by atoms with Crippen LogP contribution in [0.25, 0.3) is 0 Å². The largest absolute Gasteiger partial charge is 0.378 e. The lowest BCUT2D eigenvalue weighted by Crippen LogP contribution is -2.49. The number of ether oxygens (including phenoxy) is 1. The monoisotopic (exact) mass is 467 g/mol. The number of rotatable bonds is 5. The van der Waals surface area contributed by atoms with Crippen molar-refractivity contribution >= 4 is 44.2 Å². The normalized spacial score (nSPS) is 18.3. The number of nitrogens with one attached hydrogen (secondary N) is 1. The minimum atomic E-state index is -3.67. The summed E-state index contributed by atoms with van der Waals surface area (Å²) in [5, 5.41) is 2.79. The van der Waals surface area contributed by atoms with Crippen molar-refractivity contribution in [3.05, 3.63) is 18.0 Å². The van der Waals surface area contributed by atoms with E-state index in [4.69, 9.17) is 9.72 Å². The van der Waals surface area contributed by atoms with Gasteiger partial charge in [0.2, 0.25) is 11.9 Å². The standard InChI is InChI=1S/C18H25N7O4S2/c1-13-11-15(23-7-9-29-10-8-23)22-17(20-13)24-3-5-25(6-4-24)31(27,28)16-12-19-18(30-16)21-14(2)26/h11-12H,3-10H2,1-2H3,(H,19,21,26). The second-order valence-corrected chi connectivity index (χ2v) is 10.5. The Hall–Kier alpha value is -2.35. The van der Waals surface area contributed by atoms with Crippen molar-refractivity contribution < 1.29 is 17.9 Å². The van der Waals surface area contributed by atoms with E-state index in [1.807, 2.05) is 17.9 Å². The highest BCUT2D eigenvalue weighted by Gasteiger charge is 2.31. The van der Waals surface area contributed by atoms with Crippen molar-refractivity contribution in [3.63, 3.8) is 0 Å². The predicted octanol–water partition coefficient (Wildman–Crippen LogP) is 0.547. The van der Waals surface area contributed by atoms with Crippen LogP contribution in [0, 0.1) is 6.92 Å². The first-order valence-corrected chi connectivity index (χ1v) is 12.3. The summed E-state index contributed by atoms with van der Waals surface area (Å²) in [6, 6.07) is 1.96. The van der Waals surface area contributed by atoms with Gasteiger partial charge in [0.25, 0.3) is 10.0 Å². The molecule has 2 aliphatic heterocycles. The van der Waals surface area contributed by atoms with Gasteiger partial charge < -0.3 is 19.9 Å². The number of sulfonamides is 1. The molecular weight excluding hydrogens is 442 g/mol. The molecule has 0 aromatic carbocycles. The predicted molar refractivity (Wildman–Crippen MR) is 117 cm³/mol. The van der Waals surface area contributed by atoms with Gasteiger partial charge in [-0.3, -0.25) is 4.79 Å². The molecule has 0 atom stereocenters. The second-order valence-electron chi connectivity index (χ2n) is 7.32. The van der Waals surface area contributed by atoms with Crippen molar-refractivity contribution in [1.82, 2.24) is 19.3 Å². The molecule has 2 fully saturated rings. The highest BCUT2D eigenvalue weighted by atomic mass is 32.2. The molecule has 4 heterocycles. The van der Waals surface area contributed by atoms with Crippen LogP contribution in [0.2, 0.25) is 0 Å². The molecule has 0 aliphatic carbocycles. The number of aromatic nitrogens is 3. The van der Waals surface area contributed by atoms with E-state index >= 15 is 0 Å². The molecule has 2 aliphatic rings. The lowest BCUT2D eigenvalue weighted by molar-refractivity contribution is -0.114. The molecule has 0 spiro atoms. The minimum Gasteiger partial charge on any atom is -0.378 e. The average Bonchev–Trinajstić information content (AvgIpc) is 3.23. The molecule has 0 unspecified atom stereocenters. The van der Waals surface area contributed by atoms with E-state index in [1.165, 1.54) is 17.4 Å². The number of aryl methyl sites for hydroxylation is 1. The third-order valence-corrected chi connectivity index (χ3v) is 8.30. The maximum atomic E-state index is 13.0. The molecule has 11 nitrogen and oxygen atoms in total. The quantitative estimate of drug-likeness (QED) is 0.672. The Bertz CT molecular complexity index is 1040. The fourth-order valence-corrected chi connectivity index (χ4v) is 6.13. The molecule has 2 aromatic rings. The molecule has 0 saturated carbocycles. The minimum absolute atomic E-state index is 0.117. The van der Waals surface area contributed by atoms with Gasteiger partial charge in [0.05, 0.1) is 19.4 Å². The molecule has 13 heteroatoms. The zero-order valence-electron chi connectivity index (χ0n) is 17.4. The van der Waals surface area contributed by atoms with Gasteiger partial charge in [-0.2, -0.15) is 9.29 Å². The summed E-state index contributed by atoms with van der Waals surface area (Å²) >= 11 is 0.952. The first-order valence-electron chi connectivity index (χ1n) is 10.00. The number of morpholine rings is 1. The van der Waals surface area contributed by atoms with Crippen LogP contribution in [0.4, 0.5) is 16.9 Å². The van der Waals surface area contributed by atoms with Gasteiger partial charge in [-0.25, -0.2) is 18.4 Å². The number of carbonyl (C=O) groups excluding carboxylic acids is 1. The Morgan fingerprint density at radius 3 is 2.48 bits per heavy atom. The highest BCUT2D eigenvalue weighted by Crippen LogP contribution is 2.27. The zero-order valence-corrected chi connectivity index (χ0v) is 19.1. The summed E-state index contributed by atoms with van der Waals surface area (Å²) in [5.41, 5.74) is 0.872. The lowest BCUT2D eigenvalue weighted by atomic mass is 10.3. The fraction of sp³-hybridized carbons (Fsp3) is 0.556. The van der Waals surface area contributed by atoms with Gasteiger partial charge in [0, 0.05) is 58.0 Å². The van der Waals surface area contributed by atoms with Gasteiger partial charge in [-0.05, 0) is 6.92 Å². The van der Waals surface area contributed by atoms with Crippen LogP contribution in [0.15, 0.2) is 16.5 Å². The van der Waals surface area contributed by atoms with Crippen LogP contribution < -0.4 is 15.1 Å². The third-order valence-electron chi connectivity index (χ3n) is 5.05. The smallest absolute Gasteiger partial charge is 0.254 e. The van der Waals surface area contributed by atoms with Crippen LogP contribution in [-0.4, -0.2) is 86.1 Å². The Morgan fingerprint density at radius 2 is 1.81 bits per heavy atom. The van der Waals surface area contributed by atoms with Crippen molar-refractivity contribution in [1.29, 1.82) is 0 Å². The van der Waals surface area contributed by atoms with Crippen LogP contribution in [0.5, 0.6) is 0 Å². The molecule has 1 amide bonds. The molecule has 168 valence electrons. The molecule has 2 saturated heterocycles. The van der Waals surface area contributed by atoms with E-state index in [9.17, 15) is 13.2 Å². The summed E-state index contributed by atoms with van der Waals surface area (Å²) in [4.78, 5) is 28.6. The van der Waals surface area contributed by atoms with Crippen molar-refractivity contribution in [3.8, 4) is 0 Å². The Morgan fingerprint density at radius 1 is 1.10 bits per heavy atom. The second kappa shape index (κ2) is 9.02. The number of hydrogen-bond acceptors (Lipinski definition) is 10. The van der Waals surface area contributed by atoms with Crippen molar-refractivity contribution in [2.24, 2.45) is 0 Å². The zero-order chi connectivity index (χ0) is 22.0. The number of piperazine rings is 1. The molecule has 31 heavy (non-hydrogen) atoms. The Labute approximate surface area is 185 Å². The molecular formula is C18H25N7O4S2. The number of anilines is 3. The number of thiazole rings is 1. The van der Waals surface area contributed by atoms with Gasteiger partial charge in [-0.1, -0.05) is 11.3 Å². The maximum Gasteiger partial charge on any atom is 0.254 e. The van der Waals surface area contributed by atoms with Crippen LogP contribution in [0.3, 0.4) is 0 Å². The van der Waals surface area contributed by atoms with Crippen molar-refractivity contribution in [2.45, 2.75) is 18.1 Å². The molecule has 2 aromatic heterocycles. The van der Waals surface area contributed by atoms with E-state index in [0.29, 0.717) is 45.3 Å². The average molecular weight is 468 g/mol. The first kappa shape index (κ1) is 21.9. The summed E-state index contributed by atoms with van der Waals surface area (Å²) in [6.45, 7) is 7.84. The van der Waals surface area contributed by atoms with Gasteiger partial charge in [0.1, 0.15) is 5.82 Å². The third kappa shape index (κ3) is 4.95. The van der Waals surface area contributed by atoms with Crippen LogP contribution in [0.1, 0.15) is 12.6 Å². The molecule has 4 rings (SSSR count). The summed E-state index contributed by atoms with van der Waals surface area (Å²) in [7, 11) is -3.67. The summed E-state index contributed by atoms with van der Waals surface area (Å²) in [6.07, 6.45) is 1.29. The SMILES string of the molecule is CC(=O)Nc1ncc(S(=O)(=O)N2CCN(c3nc(C)cc(N4CCOCC4)n3)CC2)s1. The summed E-state index contributed by atoms with van der Waals surface area (Å²) < 4.78 is 32.9. The van der Waals surface area contributed by atoms with E-state index in [1.54, 1.807) is 0 Å². The van der Waals surface area contributed by atoms with E-state index in [0.717, 1.165) is 35.9 Å².